The molecule has 2 aromatic carbocycles. The van der Waals surface area contributed by atoms with Gasteiger partial charge in [-0.1, -0.05) is 67.2 Å². The van der Waals surface area contributed by atoms with E-state index in [4.69, 9.17) is 9.47 Å². The highest BCUT2D eigenvalue weighted by Gasteiger charge is 2.32. The number of halogens is 1. The summed E-state index contributed by atoms with van der Waals surface area (Å²) in [6, 6.07) is 20.1. The molecule has 0 unspecified atom stereocenters. The number of hydrogen-bond donors (Lipinski definition) is 0. The Balaban J connectivity index is 1.58. The molecule has 2 heterocycles. The van der Waals surface area contributed by atoms with Crippen LogP contribution in [0.2, 0.25) is 0 Å². The lowest BCUT2D eigenvalue weighted by atomic mass is 9.96. The van der Waals surface area contributed by atoms with Crippen molar-refractivity contribution in [3.05, 3.63) is 129 Å². The number of aromatic nitrogens is 1. The first kappa shape index (κ1) is 26.1. The van der Waals surface area contributed by atoms with Crippen LogP contribution in [0.3, 0.4) is 0 Å². The van der Waals surface area contributed by atoms with Crippen LogP contribution < -0.4 is 5.56 Å². The average Bonchev–Trinajstić information content (AvgIpc) is 3.78. The average molecular weight is 526 g/mol. The van der Waals surface area contributed by atoms with E-state index in [0.29, 0.717) is 11.1 Å². The molecular formula is C32H28FNO5. The molecule has 5 rings (SSSR count). The van der Waals surface area contributed by atoms with Gasteiger partial charge in [0.15, 0.2) is 6.10 Å². The Morgan fingerprint density at radius 2 is 1.64 bits per heavy atom. The maximum Gasteiger partial charge on any atom is 0.343 e. The van der Waals surface area contributed by atoms with Gasteiger partial charge in [-0.2, -0.15) is 0 Å². The number of rotatable bonds is 8. The van der Waals surface area contributed by atoms with E-state index in [-0.39, 0.29) is 29.2 Å². The number of hydrogen-bond acceptors (Lipinski definition) is 5. The van der Waals surface area contributed by atoms with Gasteiger partial charge in [-0.25, -0.2) is 14.0 Å². The standard InChI is InChI=1S/C32H28FNO5/c1-4-38-32(37)25-17-24(21-15-16-21)28-19(2)27(26(33)18-34(28)30(25)35)20(3)31(36)39-29(22-11-7-5-8-12-22)23-13-9-6-10-14-23/h5-14,17-18,21,29H,3-4,15-16H2,1-2H3. The minimum Gasteiger partial charge on any atom is -0.462 e. The fourth-order valence-corrected chi connectivity index (χ4v) is 4.95. The lowest BCUT2D eigenvalue weighted by Gasteiger charge is -2.21. The van der Waals surface area contributed by atoms with Crippen LogP contribution in [-0.4, -0.2) is 22.9 Å². The molecule has 1 fully saturated rings. The number of nitrogens with zero attached hydrogens (tertiary/aromatic N) is 1. The summed E-state index contributed by atoms with van der Waals surface area (Å²) in [7, 11) is 0. The summed E-state index contributed by atoms with van der Waals surface area (Å²) in [6.45, 7) is 7.31. The molecule has 0 bridgehead atoms. The van der Waals surface area contributed by atoms with Crippen LogP contribution in [0.15, 0.2) is 84.3 Å². The first-order valence-corrected chi connectivity index (χ1v) is 12.9. The SMILES string of the molecule is C=C(C(=O)OC(c1ccccc1)c1ccccc1)c1c(F)cn2c(=O)c(C(=O)OCC)cc(C3CC3)c2c1C. The van der Waals surface area contributed by atoms with Gasteiger partial charge < -0.3 is 9.47 Å². The molecule has 7 heteroatoms. The Hall–Kier alpha value is -4.52. The first-order valence-electron chi connectivity index (χ1n) is 12.9. The molecule has 39 heavy (non-hydrogen) atoms. The highest BCUT2D eigenvalue weighted by atomic mass is 19.1. The van der Waals surface area contributed by atoms with E-state index < -0.39 is 29.4 Å². The largest absolute Gasteiger partial charge is 0.462 e. The zero-order chi connectivity index (χ0) is 27.7. The van der Waals surface area contributed by atoms with E-state index in [0.717, 1.165) is 40.1 Å². The molecule has 0 amide bonds. The van der Waals surface area contributed by atoms with E-state index in [1.54, 1.807) is 19.9 Å². The molecule has 0 saturated heterocycles. The summed E-state index contributed by atoms with van der Waals surface area (Å²) in [5.41, 5.74) is 2.09. The molecule has 0 spiro atoms. The number of carbonyl (C=O) groups excluding carboxylic acids is 2. The lowest BCUT2D eigenvalue weighted by Crippen LogP contribution is -2.26. The topological polar surface area (TPSA) is 74.1 Å². The number of fused-ring (bicyclic) bond motifs is 1. The van der Waals surface area contributed by atoms with Crippen LogP contribution in [0.4, 0.5) is 4.39 Å². The Labute approximate surface area is 225 Å². The summed E-state index contributed by atoms with van der Waals surface area (Å²) in [6.07, 6.45) is 2.04. The smallest absolute Gasteiger partial charge is 0.343 e. The van der Waals surface area contributed by atoms with Crippen molar-refractivity contribution in [2.45, 2.75) is 38.7 Å². The Morgan fingerprint density at radius 1 is 1.05 bits per heavy atom. The van der Waals surface area contributed by atoms with Crippen molar-refractivity contribution >= 4 is 23.0 Å². The predicted molar refractivity (Wildman–Crippen MR) is 146 cm³/mol. The van der Waals surface area contributed by atoms with Gasteiger partial charge in [0.2, 0.25) is 0 Å². The van der Waals surface area contributed by atoms with Crippen molar-refractivity contribution in [1.29, 1.82) is 0 Å². The fourth-order valence-electron chi connectivity index (χ4n) is 4.95. The molecule has 0 N–H and O–H groups in total. The molecule has 1 saturated carbocycles. The molecule has 1 aliphatic carbocycles. The van der Waals surface area contributed by atoms with E-state index in [1.807, 2.05) is 60.7 Å². The van der Waals surface area contributed by atoms with Crippen LogP contribution in [0.5, 0.6) is 0 Å². The maximum atomic E-state index is 15.6. The van der Waals surface area contributed by atoms with Gasteiger partial charge in [0.1, 0.15) is 11.4 Å². The van der Waals surface area contributed by atoms with Crippen molar-refractivity contribution in [2.75, 3.05) is 6.61 Å². The Morgan fingerprint density at radius 3 is 2.18 bits per heavy atom. The van der Waals surface area contributed by atoms with Crippen LogP contribution in [-0.2, 0) is 14.3 Å². The fraction of sp³-hybridized carbons (Fsp3) is 0.219. The van der Waals surface area contributed by atoms with E-state index in [1.165, 1.54) is 0 Å². The third-order valence-corrected chi connectivity index (χ3v) is 6.97. The molecule has 0 atom stereocenters. The van der Waals surface area contributed by atoms with Crippen LogP contribution in [0.25, 0.3) is 11.1 Å². The summed E-state index contributed by atoms with van der Waals surface area (Å²) >= 11 is 0. The lowest BCUT2D eigenvalue weighted by molar-refractivity contribution is -0.140. The summed E-state index contributed by atoms with van der Waals surface area (Å²) in [5.74, 6) is -2.23. The third kappa shape index (κ3) is 5.00. The second-order valence-electron chi connectivity index (χ2n) is 9.59. The van der Waals surface area contributed by atoms with Gasteiger partial charge in [-0.05, 0) is 60.9 Å². The molecule has 6 nitrogen and oxygen atoms in total. The van der Waals surface area contributed by atoms with Crippen molar-refractivity contribution in [1.82, 2.24) is 4.40 Å². The number of ether oxygens (including phenoxy) is 2. The maximum absolute atomic E-state index is 15.6. The second-order valence-corrected chi connectivity index (χ2v) is 9.59. The van der Waals surface area contributed by atoms with E-state index in [9.17, 15) is 14.4 Å². The zero-order valence-electron chi connectivity index (χ0n) is 21.8. The van der Waals surface area contributed by atoms with Gasteiger partial charge in [0.05, 0.1) is 17.7 Å². The van der Waals surface area contributed by atoms with Gasteiger partial charge in [-0.3, -0.25) is 9.20 Å². The first-order chi connectivity index (χ1) is 18.8. The van der Waals surface area contributed by atoms with Crippen molar-refractivity contribution in [3.8, 4) is 0 Å². The molecular weight excluding hydrogens is 497 g/mol. The summed E-state index contributed by atoms with van der Waals surface area (Å²) in [5, 5.41) is 0. The van der Waals surface area contributed by atoms with E-state index >= 15 is 4.39 Å². The highest BCUT2D eigenvalue weighted by molar-refractivity contribution is 6.16. The number of aryl methyl sites for hydroxylation is 1. The normalized spacial score (nSPS) is 12.9. The number of carbonyl (C=O) groups is 2. The zero-order valence-corrected chi connectivity index (χ0v) is 21.8. The van der Waals surface area contributed by atoms with Crippen LogP contribution in [0, 0.1) is 12.7 Å². The number of pyridine rings is 2. The number of esters is 2. The van der Waals surface area contributed by atoms with Crippen molar-refractivity contribution in [2.24, 2.45) is 0 Å². The summed E-state index contributed by atoms with van der Waals surface area (Å²) < 4.78 is 27.8. The van der Waals surface area contributed by atoms with Crippen LogP contribution in [0.1, 0.15) is 70.0 Å². The van der Waals surface area contributed by atoms with Crippen LogP contribution >= 0.6 is 0 Å². The minimum atomic E-state index is -0.817. The van der Waals surface area contributed by atoms with Crippen molar-refractivity contribution in [3.63, 3.8) is 0 Å². The molecule has 198 valence electrons. The molecule has 1 aliphatic rings. The molecule has 0 radical (unpaired) electrons. The Bertz CT molecular complexity index is 1600. The Kier molecular flexibility index (Phi) is 7.15. The second kappa shape index (κ2) is 10.7. The predicted octanol–water partition coefficient (Wildman–Crippen LogP) is 6.15. The van der Waals surface area contributed by atoms with E-state index in [2.05, 4.69) is 6.58 Å². The highest BCUT2D eigenvalue weighted by Crippen LogP contribution is 2.43. The van der Waals surface area contributed by atoms with Gasteiger partial charge in [0.25, 0.3) is 5.56 Å². The minimum absolute atomic E-state index is 0.0231. The third-order valence-electron chi connectivity index (χ3n) is 6.97. The van der Waals surface area contributed by atoms with Gasteiger partial charge >= 0.3 is 11.9 Å². The van der Waals surface area contributed by atoms with Crippen molar-refractivity contribution < 1.29 is 23.5 Å². The van der Waals surface area contributed by atoms with Gasteiger partial charge in [0, 0.05) is 11.8 Å². The quantitative estimate of drug-likeness (QED) is 0.204. The molecule has 0 aliphatic heterocycles. The molecule has 2 aromatic heterocycles. The van der Waals surface area contributed by atoms with Gasteiger partial charge in [-0.15, -0.1) is 0 Å². The monoisotopic (exact) mass is 525 g/mol. The summed E-state index contributed by atoms with van der Waals surface area (Å²) in [4.78, 5) is 39.1. The number of benzene rings is 2. The molecule has 4 aromatic rings.